The van der Waals surface area contributed by atoms with Crippen molar-refractivity contribution in [3.63, 3.8) is 0 Å². The van der Waals surface area contributed by atoms with Crippen LogP contribution >= 0.6 is 11.3 Å². The molecule has 14 nitrogen and oxygen atoms in total. The first-order valence-electron chi connectivity index (χ1n) is 9.07. The predicted molar refractivity (Wildman–Crippen MR) is 112 cm³/mol. The minimum Gasteiger partial charge on any atom is -0.480 e. The molecule has 1 aromatic heterocycles. The van der Waals surface area contributed by atoms with Crippen LogP contribution in [0, 0.1) is 0 Å². The molecule has 2 rings (SSSR count). The van der Waals surface area contributed by atoms with Gasteiger partial charge in [-0.15, -0.1) is 11.3 Å². The predicted octanol–water partition coefficient (Wildman–Crippen LogP) is -1.29. The van der Waals surface area contributed by atoms with Crippen LogP contribution in [0.5, 0.6) is 5.75 Å². The summed E-state index contributed by atoms with van der Waals surface area (Å²) in [5.74, 6) is -4.55. The van der Waals surface area contributed by atoms with Crippen LogP contribution in [0.15, 0.2) is 22.5 Å². The summed E-state index contributed by atoms with van der Waals surface area (Å²) in [6.07, 6.45) is 0. The number of benzene rings is 1. The minimum atomic E-state index is -4.00. The monoisotopic (exact) mass is 504 g/mol. The lowest BCUT2D eigenvalue weighted by Gasteiger charge is -2.24. The smallest absolute Gasteiger partial charge is 0.325 e. The lowest BCUT2D eigenvalue weighted by Crippen LogP contribution is -2.43. The number of hydrogen-bond acceptors (Lipinski definition) is 11. The van der Waals surface area contributed by atoms with Crippen LogP contribution in [-0.4, -0.2) is 102 Å². The molecule has 0 aliphatic carbocycles. The molecule has 0 unspecified atom stereocenters. The number of carbonyl (C=O) groups is 4. The number of fused-ring (bicyclic) bond motifs is 1. The number of thiazole rings is 1. The molecule has 0 saturated carbocycles. The van der Waals surface area contributed by atoms with Crippen molar-refractivity contribution in [3.05, 3.63) is 18.2 Å². The molecule has 0 fully saturated rings. The number of esters is 1. The fourth-order valence-corrected chi connectivity index (χ4v) is 4.39. The second-order valence-corrected chi connectivity index (χ2v) is 9.50. The molecule has 0 radical (unpaired) electrons. The highest BCUT2D eigenvalue weighted by Crippen LogP contribution is 2.28. The van der Waals surface area contributed by atoms with E-state index in [1.54, 1.807) is 0 Å². The van der Waals surface area contributed by atoms with Crippen LogP contribution in [0.1, 0.15) is 0 Å². The van der Waals surface area contributed by atoms with Gasteiger partial charge in [-0.25, -0.2) is 18.5 Å². The maximum Gasteiger partial charge on any atom is 0.325 e. The van der Waals surface area contributed by atoms with Gasteiger partial charge in [-0.2, -0.15) is 0 Å². The largest absolute Gasteiger partial charge is 0.480 e. The zero-order valence-electron chi connectivity index (χ0n) is 16.9. The third-order valence-corrected chi connectivity index (χ3v) is 6.31. The third-order valence-electron chi connectivity index (χ3n) is 3.98. The van der Waals surface area contributed by atoms with Crippen LogP contribution < -0.4 is 9.88 Å². The Kier molecular flexibility index (Phi) is 8.77. The zero-order valence-corrected chi connectivity index (χ0v) is 18.5. The zero-order chi connectivity index (χ0) is 24.8. The molecule has 2 aromatic rings. The Morgan fingerprint density at radius 1 is 0.939 bits per heavy atom. The molecule has 180 valence electrons. The van der Waals surface area contributed by atoms with Crippen LogP contribution in [0.25, 0.3) is 10.2 Å². The highest BCUT2D eigenvalue weighted by Gasteiger charge is 2.20. The maximum absolute atomic E-state index is 12.3. The normalized spacial score (nSPS) is 11.7. The van der Waals surface area contributed by atoms with Crippen molar-refractivity contribution in [2.24, 2.45) is 5.14 Å². The number of primary sulfonamides is 1. The van der Waals surface area contributed by atoms with Gasteiger partial charge in [0.05, 0.1) is 36.4 Å². The lowest BCUT2D eigenvalue weighted by atomic mass is 10.3. The SMILES string of the molecule is NS(=O)(=O)c1nc2ccc(OC(=O)CN(CCN(CC(=O)O)CC(=O)O)CC(=O)O)cc2s1. The summed E-state index contributed by atoms with van der Waals surface area (Å²) < 4.78 is 28.1. The highest BCUT2D eigenvalue weighted by molar-refractivity contribution is 7.91. The lowest BCUT2D eigenvalue weighted by molar-refractivity contribution is -0.144. The van der Waals surface area contributed by atoms with Crippen LogP contribution in [0.4, 0.5) is 0 Å². The van der Waals surface area contributed by atoms with E-state index in [2.05, 4.69) is 4.98 Å². The number of carboxylic acid groups (broad SMARTS) is 3. The molecule has 0 spiro atoms. The third kappa shape index (κ3) is 8.70. The number of hydrogen-bond donors (Lipinski definition) is 4. The molecule has 33 heavy (non-hydrogen) atoms. The summed E-state index contributed by atoms with van der Waals surface area (Å²) >= 11 is 0.784. The summed E-state index contributed by atoms with van der Waals surface area (Å²) in [7, 11) is -4.00. The molecule has 0 atom stereocenters. The van der Waals surface area contributed by atoms with Crippen LogP contribution in [0.3, 0.4) is 0 Å². The number of nitrogens with zero attached hydrogens (tertiary/aromatic N) is 3. The number of aliphatic carboxylic acids is 3. The molecule has 0 saturated heterocycles. The number of rotatable bonds is 13. The minimum absolute atomic E-state index is 0.0609. The Bertz CT molecular complexity index is 1150. The van der Waals surface area contributed by atoms with E-state index in [9.17, 15) is 27.6 Å². The van der Waals surface area contributed by atoms with Gasteiger partial charge in [-0.3, -0.25) is 29.0 Å². The Labute approximate surface area is 190 Å². The van der Waals surface area contributed by atoms with E-state index in [1.165, 1.54) is 18.2 Å². The standard InChI is InChI=1S/C17H20N4O10S2/c18-33(29,30)17-19-11-2-1-10(5-12(11)32-17)31-16(28)9-21(8-15(26)27)4-3-20(6-13(22)23)7-14(24)25/h1-2,5H,3-4,6-9H2,(H,22,23)(H,24,25)(H,26,27)(H2,18,29,30). The van der Waals surface area contributed by atoms with Crippen LogP contribution in [0.2, 0.25) is 0 Å². The van der Waals surface area contributed by atoms with Gasteiger partial charge in [0.1, 0.15) is 5.75 Å². The topological polar surface area (TPSA) is 218 Å². The summed E-state index contributed by atoms with van der Waals surface area (Å²) in [6, 6.07) is 4.17. The fraction of sp³-hybridized carbons (Fsp3) is 0.353. The Morgan fingerprint density at radius 2 is 1.45 bits per heavy atom. The molecule has 16 heteroatoms. The Hall–Kier alpha value is -3.18. The molecule has 0 bridgehead atoms. The number of carboxylic acids is 3. The van der Waals surface area contributed by atoms with Gasteiger partial charge < -0.3 is 20.1 Å². The van der Waals surface area contributed by atoms with E-state index < -0.39 is 60.1 Å². The molecule has 0 aliphatic rings. The molecule has 5 N–H and O–H groups in total. The van der Waals surface area contributed by atoms with E-state index in [0.29, 0.717) is 10.2 Å². The molecule has 0 aliphatic heterocycles. The van der Waals surface area contributed by atoms with Crippen LogP contribution in [-0.2, 0) is 29.2 Å². The molecule has 1 heterocycles. The van der Waals surface area contributed by atoms with E-state index in [4.69, 9.17) is 25.2 Å². The number of ether oxygens (including phenoxy) is 1. The van der Waals surface area contributed by atoms with Crippen molar-refractivity contribution in [2.75, 3.05) is 39.3 Å². The second-order valence-electron chi connectivity index (χ2n) is 6.73. The van der Waals surface area contributed by atoms with Gasteiger partial charge in [0.15, 0.2) is 0 Å². The molecule has 0 amide bonds. The van der Waals surface area contributed by atoms with E-state index in [1.807, 2.05) is 0 Å². The van der Waals surface area contributed by atoms with Crippen molar-refractivity contribution in [1.29, 1.82) is 0 Å². The van der Waals surface area contributed by atoms with Crippen molar-refractivity contribution < 1.29 is 47.7 Å². The Balaban J connectivity index is 2.05. The first-order chi connectivity index (χ1) is 15.3. The first-order valence-corrected chi connectivity index (χ1v) is 11.4. The van der Waals surface area contributed by atoms with Gasteiger partial charge in [0.25, 0.3) is 10.0 Å². The molecular weight excluding hydrogens is 484 g/mol. The van der Waals surface area contributed by atoms with Gasteiger partial charge in [0.2, 0.25) is 4.34 Å². The van der Waals surface area contributed by atoms with Gasteiger partial charge >= 0.3 is 23.9 Å². The Morgan fingerprint density at radius 3 is 1.94 bits per heavy atom. The quantitative estimate of drug-likeness (QED) is 0.184. The molecular formula is C17H20N4O10S2. The average molecular weight is 504 g/mol. The first kappa shape index (κ1) is 26.1. The van der Waals surface area contributed by atoms with E-state index >= 15 is 0 Å². The fourth-order valence-electron chi connectivity index (χ4n) is 2.70. The average Bonchev–Trinajstić information content (AvgIpc) is 3.08. The summed E-state index contributed by atoms with van der Waals surface area (Å²) in [5.41, 5.74) is 0.327. The summed E-state index contributed by atoms with van der Waals surface area (Å²) in [4.78, 5) is 51.3. The van der Waals surface area contributed by atoms with Crippen molar-refractivity contribution in [3.8, 4) is 5.75 Å². The maximum atomic E-state index is 12.3. The van der Waals surface area contributed by atoms with Gasteiger partial charge in [-0.05, 0) is 12.1 Å². The second kappa shape index (κ2) is 11.1. The summed E-state index contributed by atoms with van der Waals surface area (Å²) in [5, 5.41) is 31.9. The van der Waals surface area contributed by atoms with Crippen molar-refractivity contribution in [2.45, 2.75) is 4.34 Å². The van der Waals surface area contributed by atoms with E-state index in [0.717, 1.165) is 21.1 Å². The van der Waals surface area contributed by atoms with Crippen molar-refractivity contribution in [1.82, 2.24) is 14.8 Å². The van der Waals surface area contributed by atoms with Gasteiger partial charge in [0, 0.05) is 19.2 Å². The highest BCUT2D eigenvalue weighted by atomic mass is 32.2. The summed E-state index contributed by atoms with van der Waals surface area (Å²) in [6.45, 7) is -2.45. The van der Waals surface area contributed by atoms with Crippen molar-refractivity contribution >= 4 is 55.5 Å². The van der Waals surface area contributed by atoms with E-state index in [-0.39, 0.29) is 23.2 Å². The number of aromatic nitrogens is 1. The van der Waals surface area contributed by atoms with Gasteiger partial charge in [-0.1, -0.05) is 0 Å². The molecule has 1 aromatic carbocycles. The number of sulfonamides is 1. The number of nitrogens with two attached hydrogens (primary N) is 1. The number of carbonyl (C=O) groups excluding carboxylic acids is 1.